The SMILES string of the molecule is O=C(Nc1cnn(Cc2ccccc2)c1)c1cc(COc2ccc3c(c2)OCO3)cs1. The van der Waals surface area contributed by atoms with Gasteiger partial charge in [0.15, 0.2) is 11.5 Å². The molecule has 2 aromatic heterocycles. The molecule has 1 amide bonds. The Morgan fingerprint density at radius 1 is 1.10 bits per heavy atom. The first-order valence-corrected chi connectivity index (χ1v) is 10.6. The Kier molecular flexibility index (Phi) is 5.28. The van der Waals surface area contributed by atoms with Gasteiger partial charge in [-0.2, -0.15) is 5.10 Å². The largest absolute Gasteiger partial charge is 0.489 e. The summed E-state index contributed by atoms with van der Waals surface area (Å²) in [5, 5.41) is 9.13. The maximum absolute atomic E-state index is 12.6. The van der Waals surface area contributed by atoms with Crippen LogP contribution in [0.2, 0.25) is 0 Å². The first kappa shape index (κ1) is 19.2. The van der Waals surface area contributed by atoms with E-state index in [4.69, 9.17) is 14.2 Å². The van der Waals surface area contributed by atoms with Gasteiger partial charge in [-0.15, -0.1) is 11.3 Å². The van der Waals surface area contributed by atoms with Crippen LogP contribution in [-0.2, 0) is 13.2 Å². The predicted molar refractivity (Wildman–Crippen MR) is 117 cm³/mol. The molecular weight excluding hydrogens is 414 g/mol. The molecule has 0 aliphatic carbocycles. The van der Waals surface area contributed by atoms with E-state index in [1.807, 2.05) is 60.1 Å². The van der Waals surface area contributed by atoms with Gasteiger partial charge in [-0.25, -0.2) is 0 Å². The summed E-state index contributed by atoms with van der Waals surface area (Å²) in [5.41, 5.74) is 2.73. The molecule has 0 fully saturated rings. The zero-order chi connectivity index (χ0) is 21.0. The van der Waals surface area contributed by atoms with Gasteiger partial charge in [-0.05, 0) is 29.1 Å². The molecule has 2 aromatic carbocycles. The fraction of sp³-hybridized carbons (Fsp3) is 0.130. The number of benzene rings is 2. The topological polar surface area (TPSA) is 74.6 Å². The van der Waals surface area contributed by atoms with E-state index >= 15 is 0 Å². The second-order valence-corrected chi connectivity index (χ2v) is 7.90. The van der Waals surface area contributed by atoms with Crippen molar-refractivity contribution in [3.05, 3.63) is 88.4 Å². The lowest BCUT2D eigenvalue weighted by Gasteiger charge is -2.05. The minimum Gasteiger partial charge on any atom is -0.489 e. The molecule has 1 aliphatic heterocycles. The highest BCUT2D eigenvalue weighted by molar-refractivity contribution is 7.12. The van der Waals surface area contributed by atoms with Crippen LogP contribution >= 0.6 is 11.3 Å². The normalized spacial score (nSPS) is 12.0. The van der Waals surface area contributed by atoms with Gasteiger partial charge in [0, 0.05) is 17.8 Å². The van der Waals surface area contributed by atoms with Crippen LogP contribution in [0.15, 0.2) is 72.4 Å². The van der Waals surface area contributed by atoms with Crippen molar-refractivity contribution in [1.29, 1.82) is 0 Å². The monoisotopic (exact) mass is 433 g/mol. The zero-order valence-corrected chi connectivity index (χ0v) is 17.3. The van der Waals surface area contributed by atoms with E-state index in [-0.39, 0.29) is 12.7 Å². The average molecular weight is 433 g/mol. The molecule has 0 spiro atoms. The number of hydrogen-bond acceptors (Lipinski definition) is 6. The van der Waals surface area contributed by atoms with Crippen LogP contribution in [0.1, 0.15) is 20.8 Å². The molecule has 0 atom stereocenters. The average Bonchev–Trinajstić information content (AvgIpc) is 3.54. The van der Waals surface area contributed by atoms with E-state index in [0.717, 1.165) is 11.1 Å². The number of carbonyl (C=O) groups excluding carboxylic acids is 1. The van der Waals surface area contributed by atoms with Gasteiger partial charge in [0.2, 0.25) is 6.79 Å². The number of carbonyl (C=O) groups is 1. The van der Waals surface area contributed by atoms with Gasteiger partial charge in [0.25, 0.3) is 5.91 Å². The van der Waals surface area contributed by atoms with Crippen molar-refractivity contribution in [2.24, 2.45) is 0 Å². The van der Waals surface area contributed by atoms with Crippen molar-refractivity contribution >= 4 is 22.9 Å². The third-order valence-electron chi connectivity index (χ3n) is 4.71. The van der Waals surface area contributed by atoms with Crippen LogP contribution in [-0.4, -0.2) is 22.5 Å². The Balaban J connectivity index is 1.17. The smallest absolute Gasteiger partial charge is 0.265 e. The highest BCUT2D eigenvalue weighted by atomic mass is 32.1. The van der Waals surface area contributed by atoms with Crippen LogP contribution in [0.4, 0.5) is 5.69 Å². The van der Waals surface area contributed by atoms with Gasteiger partial charge in [-0.3, -0.25) is 9.48 Å². The quantitative estimate of drug-likeness (QED) is 0.463. The van der Waals surface area contributed by atoms with E-state index in [9.17, 15) is 4.79 Å². The molecule has 1 aliphatic rings. The van der Waals surface area contributed by atoms with Crippen molar-refractivity contribution in [3.63, 3.8) is 0 Å². The van der Waals surface area contributed by atoms with Crippen LogP contribution < -0.4 is 19.5 Å². The molecular formula is C23H19N3O4S. The fourth-order valence-electron chi connectivity index (χ4n) is 3.18. The maximum Gasteiger partial charge on any atom is 0.265 e. The number of nitrogens with one attached hydrogen (secondary N) is 1. The summed E-state index contributed by atoms with van der Waals surface area (Å²) in [5.74, 6) is 1.91. The lowest BCUT2D eigenvalue weighted by Crippen LogP contribution is -2.09. The number of anilines is 1. The summed E-state index contributed by atoms with van der Waals surface area (Å²) in [7, 11) is 0. The molecule has 0 unspecified atom stereocenters. The summed E-state index contributed by atoms with van der Waals surface area (Å²) in [6, 6.07) is 17.3. The second kappa shape index (κ2) is 8.53. The highest BCUT2D eigenvalue weighted by Gasteiger charge is 2.15. The molecule has 5 rings (SSSR count). The van der Waals surface area contributed by atoms with Gasteiger partial charge >= 0.3 is 0 Å². The third-order valence-corrected chi connectivity index (χ3v) is 5.68. The summed E-state index contributed by atoms with van der Waals surface area (Å²) >= 11 is 1.38. The van der Waals surface area contributed by atoms with Gasteiger partial charge in [0.05, 0.1) is 23.3 Å². The van der Waals surface area contributed by atoms with Gasteiger partial charge in [-0.1, -0.05) is 30.3 Å². The number of thiophene rings is 1. The predicted octanol–water partition coefficient (Wildman–Crippen LogP) is 4.55. The second-order valence-electron chi connectivity index (χ2n) is 6.99. The molecule has 0 radical (unpaired) electrons. The summed E-state index contributed by atoms with van der Waals surface area (Å²) in [4.78, 5) is 13.2. The number of hydrogen-bond donors (Lipinski definition) is 1. The fourth-order valence-corrected chi connectivity index (χ4v) is 3.97. The van der Waals surface area contributed by atoms with Crippen LogP contribution in [0.3, 0.4) is 0 Å². The minimum absolute atomic E-state index is 0.168. The van der Waals surface area contributed by atoms with Crippen molar-refractivity contribution in [1.82, 2.24) is 9.78 Å². The zero-order valence-electron chi connectivity index (χ0n) is 16.5. The van der Waals surface area contributed by atoms with E-state index in [0.29, 0.717) is 41.0 Å². The molecule has 156 valence electrons. The Bertz CT molecular complexity index is 1200. The molecule has 0 saturated heterocycles. The molecule has 1 N–H and O–H groups in total. The van der Waals surface area contributed by atoms with Crippen molar-refractivity contribution < 1.29 is 19.0 Å². The molecule has 0 bridgehead atoms. The lowest BCUT2D eigenvalue weighted by atomic mass is 10.2. The van der Waals surface area contributed by atoms with E-state index < -0.39 is 0 Å². The molecule has 31 heavy (non-hydrogen) atoms. The number of nitrogens with zero attached hydrogens (tertiary/aromatic N) is 2. The van der Waals surface area contributed by atoms with Gasteiger partial charge < -0.3 is 19.5 Å². The Morgan fingerprint density at radius 3 is 2.87 bits per heavy atom. The van der Waals surface area contributed by atoms with E-state index in [1.165, 1.54) is 11.3 Å². The summed E-state index contributed by atoms with van der Waals surface area (Å²) in [6.07, 6.45) is 3.47. The Labute approximate surface area is 182 Å². The standard InChI is InChI=1S/C23H19N3O4S/c27-23(25-18-10-24-26(12-18)11-16-4-2-1-3-5-16)22-8-17(14-31-22)13-28-19-6-7-20-21(9-19)30-15-29-20/h1-10,12,14H,11,13,15H2,(H,25,27). The number of rotatable bonds is 7. The van der Waals surface area contributed by atoms with E-state index in [1.54, 1.807) is 16.9 Å². The van der Waals surface area contributed by atoms with E-state index in [2.05, 4.69) is 10.4 Å². The molecule has 3 heterocycles. The summed E-state index contributed by atoms with van der Waals surface area (Å²) < 4.78 is 18.3. The van der Waals surface area contributed by atoms with Crippen LogP contribution in [0.25, 0.3) is 0 Å². The first-order valence-electron chi connectivity index (χ1n) is 9.70. The van der Waals surface area contributed by atoms with Crippen molar-refractivity contribution in [2.75, 3.05) is 12.1 Å². The Morgan fingerprint density at radius 2 is 1.97 bits per heavy atom. The number of amides is 1. The number of aromatic nitrogens is 2. The molecule has 0 saturated carbocycles. The first-order chi connectivity index (χ1) is 15.2. The van der Waals surface area contributed by atoms with Crippen LogP contribution in [0, 0.1) is 0 Å². The molecule has 8 heteroatoms. The Hall–Kier alpha value is -3.78. The number of ether oxygens (including phenoxy) is 3. The third kappa shape index (κ3) is 4.54. The molecule has 4 aromatic rings. The minimum atomic E-state index is -0.168. The van der Waals surface area contributed by atoms with Gasteiger partial charge in [0.1, 0.15) is 12.4 Å². The van der Waals surface area contributed by atoms with Crippen LogP contribution in [0.5, 0.6) is 17.2 Å². The van der Waals surface area contributed by atoms with Crippen molar-refractivity contribution in [3.8, 4) is 17.2 Å². The summed E-state index contributed by atoms with van der Waals surface area (Å²) in [6.45, 7) is 1.24. The number of fused-ring (bicyclic) bond motifs is 1. The molecule has 7 nitrogen and oxygen atoms in total. The lowest BCUT2D eigenvalue weighted by molar-refractivity contribution is 0.103. The van der Waals surface area contributed by atoms with Crippen molar-refractivity contribution in [2.45, 2.75) is 13.2 Å². The highest BCUT2D eigenvalue weighted by Crippen LogP contribution is 2.35. The maximum atomic E-state index is 12.6.